The molecule has 0 aromatic heterocycles. The van der Waals surface area contributed by atoms with Gasteiger partial charge in [0.1, 0.15) is 5.02 Å². The van der Waals surface area contributed by atoms with Crippen LogP contribution in [0.2, 0.25) is 5.02 Å². The van der Waals surface area contributed by atoms with Crippen LogP contribution in [-0.4, -0.2) is 24.7 Å². The lowest BCUT2D eigenvalue weighted by Crippen LogP contribution is -2.19. The van der Waals surface area contributed by atoms with Gasteiger partial charge in [0.2, 0.25) is 0 Å². The summed E-state index contributed by atoms with van der Waals surface area (Å²) in [5, 5.41) is 14.1. The average Bonchev–Trinajstić information content (AvgIpc) is 2.38. The molecule has 0 spiro atoms. The summed E-state index contributed by atoms with van der Waals surface area (Å²) < 4.78 is 5.47. The third kappa shape index (κ3) is 6.32. The molecular formula is C14H21ClN2O3. The topological polar surface area (TPSA) is 64.4 Å². The van der Waals surface area contributed by atoms with Crippen molar-refractivity contribution in [3.05, 3.63) is 38.9 Å². The predicted octanol–water partition coefficient (Wildman–Crippen LogP) is 3.40. The number of nitro benzene ring substituents is 1. The van der Waals surface area contributed by atoms with E-state index in [-0.39, 0.29) is 10.7 Å². The number of hydrogen-bond acceptors (Lipinski definition) is 4. The highest BCUT2D eigenvalue weighted by Crippen LogP contribution is 2.24. The van der Waals surface area contributed by atoms with Crippen LogP contribution in [0.5, 0.6) is 0 Å². The Morgan fingerprint density at radius 1 is 1.40 bits per heavy atom. The van der Waals surface area contributed by atoms with E-state index in [2.05, 4.69) is 19.2 Å². The van der Waals surface area contributed by atoms with E-state index in [9.17, 15) is 10.1 Å². The fraction of sp³-hybridized carbons (Fsp3) is 0.571. The van der Waals surface area contributed by atoms with Gasteiger partial charge in [-0.15, -0.1) is 0 Å². The minimum atomic E-state index is -0.471. The Morgan fingerprint density at radius 2 is 2.15 bits per heavy atom. The van der Waals surface area contributed by atoms with Crippen molar-refractivity contribution >= 4 is 17.3 Å². The lowest BCUT2D eigenvalue weighted by atomic mass is 10.1. The zero-order chi connectivity index (χ0) is 15.0. The maximum Gasteiger partial charge on any atom is 0.288 e. The molecule has 5 nitrogen and oxygen atoms in total. The van der Waals surface area contributed by atoms with Gasteiger partial charge in [0.05, 0.1) is 11.5 Å². The molecule has 0 unspecified atom stereocenters. The molecule has 0 aliphatic carbocycles. The van der Waals surface area contributed by atoms with Crippen molar-refractivity contribution < 1.29 is 9.66 Å². The molecule has 1 aromatic carbocycles. The smallest absolute Gasteiger partial charge is 0.288 e. The molecule has 1 rings (SSSR count). The first-order valence-corrected chi connectivity index (χ1v) is 7.09. The lowest BCUT2D eigenvalue weighted by molar-refractivity contribution is -0.384. The zero-order valence-electron chi connectivity index (χ0n) is 11.9. The first-order valence-electron chi connectivity index (χ1n) is 6.72. The van der Waals surface area contributed by atoms with Gasteiger partial charge in [-0.3, -0.25) is 10.1 Å². The number of hydrogen-bond donors (Lipinski definition) is 1. The molecule has 0 aliphatic rings. The van der Waals surface area contributed by atoms with Crippen molar-refractivity contribution in [2.75, 3.05) is 19.8 Å². The number of nitro groups is 1. The van der Waals surface area contributed by atoms with Gasteiger partial charge >= 0.3 is 0 Å². The van der Waals surface area contributed by atoms with Gasteiger partial charge in [0.25, 0.3) is 5.69 Å². The summed E-state index contributed by atoms with van der Waals surface area (Å²) in [6.45, 7) is 7.01. The van der Waals surface area contributed by atoms with E-state index in [1.54, 1.807) is 12.1 Å². The second-order valence-electron chi connectivity index (χ2n) is 5.01. The fourth-order valence-electron chi connectivity index (χ4n) is 1.61. The molecule has 0 aliphatic heterocycles. The van der Waals surface area contributed by atoms with Gasteiger partial charge in [0.15, 0.2) is 0 Å². The first kappa shape index (κ1) is 16.9. The Kier molecular flexibility index (Phi) is 7.51. The number of nitrogens with zero attached hydrogens (tertiary/aromatic N) is 1. The lowest BCUT2D eigenvalue weighted by Gasteiger charge is -2.08. The highest BCUT2D eigenvalue weighted by molar-refractivity contribution is 6.32. The summed E-state index contributed by atoms with van der Waals surface area (Å²) in [6, 6.07) is 4.83. The van der Waals surface area contributed by atoms with Crippen LogP contribution >= 0.6 is 11.6 Å². The third-order valence-electron chi connectivity index (χ3n) is 2.80. The molecule has 1 aromatic rings. The van der Waals surface area contributed by atoms with E-state index in [0.717, 1.165) is 18.6 Å². The standard InChI is InChI=1S/C14H21ClN2O3/c1-11(2)5-7-20-8-6-16-10-12-3-4-13(15)14(9-12)17(18)19/h3-4,9,11,16H,5-8,10H2,1-2H3. The van der Waals surface area contributed by atoms with E-state index in [4.69, 9.17) is 16.3 Å². The summed E-state index contributed by atoms with van der Waals surface area (Å²) in [5.74, 6) is 0.651. The Balaban J connectivity index is 2.25. The van der Waals surface area contributed by atoms with E-state index in [1.807, 2.05) is 0 Å². The van der Waals surface area contributed by atoms with Gasteiger partial charge in [0, 0.05) is 25.8 Å². The Bertz CT molecular complexity index is 438. The Hall–Kier alpha value is -1.17. The van der Waals surface area contributed by atoms with E-state index in [0.29, 0.717) is 25.6 Å². The Morgan fingerprint density at radius 3 is 2.80 bits per heavy atom. The molecule has 112 valence electrons. The minimum absolute atomic E-state index is 0.0563. The molecule has 0 saturated carbocycles. The van der Waals surface area contributed by atoms with Crippen molar-refractivity contribution in [2.24, 2.45) is 5.92 Å². The van der Waals surface area contributed by atoms with Crippen molar-refractivity contribution in [1.82, 2.24) is 5.32 Å². The third-order valence-corrected chi connectivity index (χ3v) is 3.12. The first-order chi connectivity index (χ1) is 9.50. The molecule has 0 bridgehead atoms. The highest BCUT2D eigenvalue weighted by Gasteiger charge is 2.12. The molecule has 6 heteroatoms. The van der Waals surface area contributed by atoms with Gasteiger partial charge in [-0.25, -0.2) is 0 Å². The van der Waals surface area contributed by atoms with Gasteiger partial charge in [-0.2, -0.15) is 0 Å². The summed E-state index contributed by atoms with van der Waals surface area (Å²) in [6.07, 6.45) is 1.06. The van der Waals surface area contributed by atoms with Crippen LogP contribution in [0, 0.1) is 16.0 Å². The normalized spacial score (nSPS) is 11.0. The number of rotatable bonds is 9. The van der Waals surface area contributed by atoms with Crippen LogP contribution in [-0.2, 0) is 11.3 Å². The molecule has 0 radical (unpaired) electrons. The summed E-state index contributed by atoms with van der Waals surface area (Å²) >= 11 is 5.75. The van der Waals surface area contributed by atoms with Crippen molar-refractivity contribution in [2.45, 2.75) is 26.8 Å². The fourth-order valence-corrected chi connectivity index (χ4v) is 1.79. The quantitative estimate of drug-likeness (QED) is 0.431. The number of benzene rings is 1. The molecule has 0 fully saturated rings. The molecule has 0 heterocycles. The van der Waals surface area contributed by atoms with E-state index in [1.165, 1.54) is 6.07 Å². The Labute approximate surface area is 124 Å². The van der Waals surface area contributed by atoms with Crippen molar-refractivity contribution in [1.29, 1.82) is 0 Å². The second kappa shape index (κ2) is 8.89. The molecule has 0 saturated heterocycles. The SMILES string of the molecule is CC(C)CCOCCNCc1ccc(Cl)c([N+](=O)[O-])c1. The number of ether oxygens (including phenoxy) is 1. The molecule has 0 atom stereocenters. The highest BCUT2D eigenvalue weighted by atomic mass is 35.5. The number of nitrogens with one attached hydrogen (secondary N) is 1. The van der Waals surface area contributed by atoms with Crippen LogP contribution in [0.3, 0.4) is 0 Å². The monoisotopic (exact) mass is 300 g/mol. The van der Waals surface area contributed by atoms with Gasteiger partial charge in [-0.1, -0.05) is 31.5 Å². The van der Waals surface area contributed by atoms with Crippen molar-refractivity contribution in [3.8, 4) is 0 Å². The molecule has 20 heavy (non-hydrogen) atoms. The van der Waals surface area contributed by atoms with E-state index >= 15 is 0 Å². The number of halogens is 1. The van der Waals surface area contributed by atoms with Crippen LogP contribution in [0.15, 0.2) is 18.2 Å². The maximum atomic E-state index is 10.8. The van der Waals surface area contributed by atoms with Crippen LogP contribution in [0.25, 0.3) is 0 Å². The van der Waals surface area contributed by atoms with E-state index < -0.39 is 4.92 Å². The van der Waals surface area contributed by atoms with Gasteiger partial charge < -0.3 is 10.1 Å². The molecule has 0 amide bonds. The summed E-state index contributed by atoms with van der Waals surface area (Å²) in [4.78, 5) is 10.3. The van der Waals surface area contributed by atoms with Crippen molar-refractivity contribution in [3.63, 3.8) is 0 Å². The summed E-state index contributed by atoms with van der Waals surface area (Å²) in [7, 11) is 0. The minimum Gasteiger partial charge on any atom is -0.380 e. The molecular weight excluding hydrogens is 280 g/mol. The average molecular weight is 301 g/mol. The predicted molar refractivity (Wildman–Crippen MR) is 80.1 cm³/mol. The van der Waals surface area contributed by atoms with Crippen LogP contribution in [0.4, 0.5) is 5.69 Å². The summed E-state index contributed by atoms with van der Waals surface area (Å²) in [5.41, 5.74) is 0.780. The van der Waals surface area contributed by atoms with Gasteiger partial charge in [-0.05, 0) is 24.0 Å². The van der Waals surface area contributed by atoms with Crippen LogP contribution < -0.4 is 5.32 Å². The largest absolute Gasteiger partial charge is 0.380 e. The molecule has 1 N–H and O–H groups in total. The maximum absolute atomic E-state index is 10.8. The van der Waals surface area contributed by atoms with Crippen LogP contribution in [0.1, 0.15) is 25.8 Å². The second-order valence-corrected chi connectivity index (χ2v) is 5.42. The zero-order valence-corrected chi connectivity index (χ0v) is 12.7.